The van der Waals surface area contributed by atoms with E-state index in [1.807, 2.05) is 26.8 Å². The highest BCUT2D eigenvalue weighted by molar-refractivity contribution is 7.09. The van der Waals surface area contributed by atoms with Gasteiger partial charge in [0.05, 0.1) is 20.2 Å². The van der Waals surface area contributed by atoms with Crippen molar-refractivity contribution >= 4 is 29.1 Å². The molecular weight excluding hydrogens is 482 g/mol. The van der Waals surface area contributed by atoms with Crippen LogP contribution < -0.4 is 4.74 Å². The van der Waals surface area contributed by atoms with Crippen LogP contribution >= 0.6 is 11.3 Å². The van der Waals surface area contributed by atoms with Crippen LogP contribution in [0.1, 0.15) is 54.8 Å². The van der Waals surface area contributed by atoms with E-state index in [0.29, 0.717) is 10.8 Å². The number of ether oxygens (including phenoxy) is 1. The highest BCUT2D eigenvalue weighted by Crippen LogP contribution is 2.43. The Morgan fingerprint density at radius 1 is 1.25 bits per heavy atom. The second-order valence-electron chi connectivity index (χ2n) is 9.77. The fourth-order valence-corrected chi connectivity index (χ4v) is 5.36. The molecule has 0 bridgehead atoms. The third kappa shape index (κ3) is 4.34. The summed E-state index contributed by atoms with van der Waals surface area (Å²) >= 11 is 1.25. The van der Waals surface area contributed by atoms with Crippen molar-refractivity contribution in [1.82, 2.24) is 24.6 Å². The third-order valence-corrected chi connectivity index (χ3v) is 7.18. The molecule has 190 valence electrons. The summed E-state index contributed by atoms with van der Waals surface area (Å²) in [4.78, 5) is 46.9. The molecule has 3 aromatic rings. The van der Waals surface area contributed by atoms with Crippen LogP contribution in [0.2, 0.25) is 0 Å². The van der Waals surface area contributed by atoms with Crippen LogP contribution in [0.15, 0.2) is 48.2 Å². The maximum Gasteiger partial charge on any atom is 0.333 e. The Balaban J connectivity index is 1.91. The van der Waals surface area contributed by atoms with Gasteiger partial charge in [-0.05, 0) is 29.2 Å². The predicted molar refractivity (Wildman–Crippen MR) is 133 cm³/mol. The number of carboxylic acid groups (broad SMARTS) is 1. The number of carbonyl (C=O) groups excluding carboxylic acids is 2. The molecule has 1 fully saturated rings. The maximum absolute atomic E-state index is 14.2. The fourth-order valence-electron chi connectivity index (χ4n) is 4.62. The molecule has 2 unspecified atom stereocenters. The molecule has 2 amide bonds. The van der Waals surface area contributed by atoms with E-state index in [9.17, 15) is 19.5 Å². The number of hydrogen-bond donors (Lipinski definition) is 1. The standard InChI is InChI=1S/C25H29N5O5S/c1-16(31)29-15-25(23(33)34,14-28-11-6-9-27-28)30(21(29)20-26-10-12-36-20)22(32)17-7-8-18(24(2,3)4)19(13-17)35-5/h6-13,21H,14-15H2,1-5H3,(H,33,34). The number of carboxylic acids is 1. The molecule has 1 aliphatic rings. The number of carbonyl (C=O) groups is 3. The van der Waals surface area contributed by atoms with Gasteiger partial charge >= 0.3 is 5.97 Å². The third-order valence-electron chi connectivity index (χ3n) is 6.37. The highest BCUT2D eigenvalue weighted by atomic mass is 32.1. The Bertz CT molecular complexity index is 1270. The molecule has 36 heavy (non-hydrogen) atoms. The van der Waals surface area contributed by atoms with Gasteiger partial charge in [-0.15, -0.1) is 11.3 Å². The van der Waals surface area contributed by atoms with Crippen LogP contribution in [-0.2, 0) is 21.5 Å². The van der Waals surface area contributed by atoms with E-state index in [4.69, 9.17) is 4.74 Å². The van der Waals surface area contributed by atoms with Crippen LogP contribution in [0.25, 0.3) is 0 Å². The number of amides is 2. The van der Waals surface area contributed by atoms with Gasteiger partial charge in [-0.25, -0.2) is 9.78 Å². The quantitative estimate of drug-likeness (QED) is 0.540. The molecule has 0 spiro atoms. The lowest BCUT2D eigenvalue weighted by molar-refractivity contribution is -0.149. The maximum atomic E-state index is 14.2. The zero-order valence-electron chi connectivity index (χ0n) is 20.8. The van der Waals surface area contributed by atoms with E-state index >= 15 is 0 Å². The minimum atomic E-state index is -1.79. The van der Waals surface area contributed by atoms with Gasteiger partial charge < -0.3 is 14.7 Å². The highest BCUT2D eigenvalue weighted by Gasteiger charge is 2.60. The Morgan fingerprint density at radius 3 is 2.53 bits per heavy atom. The number of methoxy groups -OCH3 is 1. The van der Waals surface area contributed by atoms with Crippen molar-refractivity contribution < 1.29 is 24.2 Å². The molecule has 11 heteroatoms. The Morgan fingerprint density at radius 2 is 2.00 bits per heavy atom. The molecular formula is C25H29N5O5S. The van der Waals surface area contributed by atoms with Crippen LogP contribution in [0.4, 0.5) is 0 Å². The number of aliphatic carboxylic acids is 1. The summed E-state index contributed by atoms with van der Waals surface area (Å²) in [6.45, 7) is 7.10. The van der Waals surface area contributed by atoms with Gasteiger partial charge in [0.2, 0.25) is 5.91 Å². The van der Waals surface area contributed by atoms with E-state index in [1.54, 1.807) is 36.0 Å². The number of thiazole rings is 1. The molecule has 2 atom stereocenters. The summed E-state index contributed by atoms with van der Waals surface area (Å²) in [7, 11) is 1.53. The van der Waals surface area contributed by atoms with Crippen molar-refractivity contribution in [2.45, 2.75) is 51.4 Å². The number of benzene rings is 1. The summed E-state index contributed by atoms with van der Waals surface area (Å²) in [5, 5.41) is 16.9. The van der Waals surface area contributed by atoms with Crippen molar-refractivity contribution in [2.24, 2.45) is 0 Å². The summed E-state index contributed by atoms with van der Waals surface area (Å²) in [6, 6.07) is 6.78. The molecule has 4 rings (SSSR count). The number of hydrogen-bond acceptors (Lipinski definition) is 7. The molecule has 0 aliphatic carbocycles. The Kier molecular flexibility index (Phi) is 6.61. The lowest BCUT2D eigenvalue weighted by atomic mass is 9.85. The van der Waals surface area contributed by atoms with Crippen molar-refractivity contribution in [2.75, 3.05) is 13.7 Å². The van der Waals surface area contributed by atoms with Gasteiger partial charge in [0.1, 0.15) is 10.8 Å². The van der Waals surface area contributed by atoms with Crippen molar-refractivity contribution in [1.29, 1.82) is 0 Å². The molecule has 3 heterocycles. The van der Waals surface area contributed by atoms with E-state index < -0.39 is 23.6 Å². The molecule has 0 radical (unpaired) electrons. The molecule has 2 aromatic heterocycles. The molecule has 1 saturated heterocycles. The SMILES string of the molecule is COc1cc(C(=O)N2C(c3nccs3)N(C(C)=O)CC2(Cn2cccn2)C(=O)O)ccc1C(C)(C)C. The van der Waals surface area contributed by atoms with Gasteiger partial charge in [-0.2, -0.15) is 5.10 Å². The number of rotatable bonds is 6. The first kappa shape index (κ1) is 25.4. The van der Waals surface area contributed by atoms with Gasteiger partial charge in [-0.3, -0.25) is 19.2 Å². The van der Waals surface area contributed by atoms with Gasteiger partial charge in [0.15, 0.2) is 11.7 Å². The van der Waals surface area contributed by atoms with E-state index in [-0.39, 0.29) is 30.0 Å². The van der Waals surface area contributed by atoms with Crippen molar-refractivity contribution in [3.8, 4) is 5.75 Å². The van der Waals surface area contributed by atoms with Crippen molar-refractivity contribution in [3.63, 3.8) is 0 Å². The van der Waals surface area contributed by atoms with Crippen LogP contribution in [0.3, 0.4) is 0 Å². The summed E-state index contributed by atoms with van der Waals surface area (Å²) in [6.07, 6.45) is 3.74. The lowest BCUT2D eigenvalue weighted by Crippen LogP contribution is -2.58. The zero-order chi connectivity index (χ0) is 26.3. The van der Waals surface area contributed by atoms with E-state index in [2.05, 4.69) is 10.1 Å². The molecule has 10 nitrogen and oxygen atoms in total. The van der Waals surface area contributed by atoms with Crippen LogP contribution in [0.5, 0.6) is 5.75 Å². The van der Waals surface area contributed by atoms with E-state index in [1.165, 1.54) is 46.0 Å². The summed E-state index contributed by atoms with van der Waals surface area (Å²) < 4.78 is 7.05. The number of nitrogens with zero attached hydrogens (tertiary/aromatic N) is 5. The summed E-state index contributed by atoms with van der Waals surface area (Å²) in [5.74, 6) is -1.63. The van der Waals surface area contributed by atoms with Crippen molar-refractivity contribution in [3.05, 3.63) is 64.4 Å². The minimum absolute atomic E-state index is 0.149. The average Bonchev–Trinajstić information content (AvgIpc) is 3.58. The average molecular weight is 512 g/mol. The Labute approximate surface area is 213 Å². The Hall–Kier alpha value is -3.73. The second kappa shape index (κ2) is 9.38. The van der Waals surface area contributed by atoms with Gasteiger partial charge in [-0.1, -0.05) is 26.8 Å². The monoisotopic (exact) mass is 511 g/mol. The van der Waals surface area contributed by atoms with E-state index in [0.717, 1.165) is 5.56 Å². The summed E-state index contributed by atoms with van der Waals surface area (Å²) in [5.41, 5.74) is -0.870. The first-order valence-electron chi connectivity index (χ1n) is 11.4. The zero-order valence-corrected chi connectivity index (χ0v) is 21.7. The van der Waals surface area contributed by atoms with Gasteiger partial charge in [0, 0.05) is 36.5 Å². The minimum Gasteiger partial charge on any atom is -0.496 e. The van der Waals surface area contributed by atoms with Crippen LogP contribution in [0, 0.1) is 0 Å². The van der Waals surface area contributed by atoms with Gasteiger partial charge in [0.25, 0.3) is 5.91 Å². The molecule has 1 aromatic carbocycles. The largest absolute Gasteiger partial charge is 0.496 e. The second-order valence-corrected chi connectivity index (χ2v) is 10.7. The molecule has 1 aliphatic heterocycles. The smallest absolute Gasteiger partial charge is 0.333 e. The lowest BCUT2D eigenvalue weighted by Gasteiger charge is -2.36. The topological polar surface area (TPSA) is 118 Å². The fraction of sp³-hybridized carbons (Fsp3) is 0.400. The normalized spacial score (nSPS) is 20.0. The van der Waals surface area contributed by atoms with Crippen LogP contribution in [-0.4, -0.2) is 66.6 Å². The first-order valence-corrected chi connectivity index (χ1v) is 12.3. The molecule has 0 saturated carbocycles. The first-order chi connectivity index (χ1) is 17.0. The number of aromatic nitrogens is 3. The molecule has 1 N–H and O–H groups in total. The predicted octanol–water partition coefficient (Wildman–Crippen LogP) is 3.17.